The predicted molar refractivity (Wildman–Crippen MR) is 61.7 cm³/mol. The van der Waals surface area contributed by atoms with Gasteiger partial charge >= 0.3 is 0 Å². The first kappa shape index (κ1) is 10.7. The van der Waals surface area contributed by atoms with E-state index in [-0.39, 0.29) is 11.5 Å². The Morgan fingerprint density at radius 3 is 2.73 bits per heavy atom. The van der Waals surface area contributed by atoms with Crippen molar-refractivity contribution >= 4 is 0 Å². The van der Waals surface area contributed by atoms with Gasteiger partial charge in [0.25, 0.3) is 0 Å². The van der Waals surface area contributed by atoms with E-state index >= 15 is 0 Å². The van der Waals surface area contributed by atoms with Crippen molar-refractivity contribution in [3.05, 3.63) is 34.9 Å². The Morgan fingerprint density at radius 1 is 1.33 bits per heavy atom. The van der Waals surface area contributed by atoms with E-state index in [1.54, 1.807) is 0 Å². The number of benzene rings is 1. The van der Waals surface area contributed by atoms with Gasteiger partial charge in [0.2, 0.25) is 0 Å². The second kappa shape index (κ2) is 3.62. The summed E-state index contributed by atoms with van der Waals surface area (Å²) in [6.07, 6.45) is 0. The summed E-state index contributed by atoms with van der Waals surface area (Å²) in [5, 5.41) is 0. The number of nitrogens with two attached hydrogens (primary N) is 1. The second-order valence-electron chi connectivity index (χ2n) is 5.24. The highest BCUT2D eigenvalue weighted by atomic mass is 16.5. The molecule has 0 aromatic heterocycles. The van der Waals surface area contributed by atoms with Crippen molar-refractivity contribution in [3.63, 3.8) is 0 Å². The zero-order valence-corrected chi connectivity index (χ0v) is 9.71. The molecule has 0 bridgehead atoms. The molecule has 2 heteroatoms. The van der Waals surface area contributed by atoms with Crippen molar-refractivity contribution in [1.29, 1.82) is 0 Å². The summed E-state index contributed by atoms with van der Waals surface area (Å²) < 4.78 is 5.52. The minimum atomic E-state index is 0.0380. The van der Waals surface area contributed by atoms with Crippen LogP contribution in [0.15, 0.2) is 18.2 Å². The Balaban J connectivity index is 2.54. The zero-order valence-electron chi connectivity index (χ0n) is 9.71. The Morgan fingerprint density at radius 2 is 2.07 bits per heavy atom. The molecular formula is C13H19NO. The maximum Gasteiger partial charge on any atom is 0.0723 e. The molecule has 0 fully saturated rings. The highest BCUT2D eigenvalue weighted by Gasteiger charge is 2.24. The monoisotopic (exact) mass is 205 g/mol. The lowest BCUT2D eigenvalue weighted by Crippen LogP contribution is -2.26. The Bertz CT molecular complexity index is 365. The van der Waals surface area contributed by atoms with Gasteiger partial charge in [0.05, 0.1) is 19.3 Å². The van der Waals surface area contributed by atoms with E-state index in [0.717, 1.165) is 0 Å². The molecule has 2 N–H and O–H groups in total. The van der Waals surface area contributed by atoms with Crippen LogP contribution in [0.3, 0.4) is 0 Å². The van der Waals surface area contributed by atoms with Crippen LogP contribution in [-0.2, 0) is 16.8 Å². The van der Waals surface area contributed by atoms with E-state index in [1.807, 2.05) is 0 Å². The van der Waals surface area contributed by atoms with E-state index < -0.39 is 0 Å². The summed E-state index contributed by atoms with van der Waals surface area (Å²) in [5.74, 6) is 0. The standard InChI is InChI=1S/C13H19NO/c1-13(2,3)11-6-4-5-9-10(11)7-15-8-12(9)14/h4-6,12H,7-8,14H2,1-3H3/t12-/m1/s1. The van der Waals surface area contributed by atoms with Crippen LogP contribution in [0.1, 0.15) is 43.5 Å². The minimum absolute atomic E-state index is 0.0380. The average molecular weight is 205 g/mol. The lowest BCUT2D eigenvalue weighted by atomic mass is 9.81. The highest BCUT2D eigenvalue weighted by Crippen LogP contribution is 2.32. The lowest BCUT2D eigenvalue weighted by Gasteiger charge is -2.30. The lowest BCUT2D eigenvalue weighted by molar-refractivity contribution is 0.0910. The molecule has 2 nitrogen and oxygen atoms in total. The number of hydrogen-bond donors (Lipinski definition) is 1. The molecule has 0 radical (unpaired) electrons. The maximum atomic E-state index is 6.03. The Labute approximate surface area is 91.4 Å². The van der Waals surface area contributed by atoms with Gasteiger partial charge in [-0.05, 0) is 22.1 Å². The molecule has 15 heavy (non-hydrogen) atoms. The van der Waals surface area contributed by atoms with Crippen molar-refractivity contribution in [3.8, 4) is 0 Å². The highest BCUT2D eigenvalue weighted by molar-refractivity contribution is 5.41. The van der Waals surface area contributed by atoms with Gasteiger partial charge < -0.3 is 10.5 Å². The van der Waals surface area contributed by atoms with Gasteiger partial charge in [0, 0.05) is 0 Å². The summed E-state index contributed by atoms with van der Waals surface area (Å²) in [6, 6.07) is 6.44. The molecule has 0 spiro atoms. The first-order chi connectivity index (χ1) is 7.00. The molecule has 0 aliphatic carbocycles. The number of hydrogen-bond acceptors (Lipinski definition) is 2. The topological polar surface area (TPSA) is 35.2 Å². The number of rotatable bonds is 0. The molecule has 0 unspecified atom stereocenters. The van der Waals surface area contributed by atoms with Crippen LogP contribution in [0, 0.1) is 0 Å². The van der Waals surface area contributed by atoms with Crippen LogP contribution in [-0.4, -0.2) is 6.61 Å². The number of ether oxygens (including phenoxy) is 1. The van der Waals surface area contributed by atoms with E-state index in [1.165, 1.54) is 16.7 Å². The SMILES string of the molecule is CC(C)(C)c1cccc2c1COC[C@H]2N. The molecule has 1 atom stereocenters. The molecule has 1 heterocycles. The molecule has 82 valence electrons. The minimum Gasteiger partial charge on any atom is -0.375 e. The van der Waals surface area contributed by atoms with Crippen LogP contribution in [0.4, 0.5) is 0 Å². The van der Waals surface area contributed by atoms with Gasteiger partial charge in [0.15, 0.2) is 0 Å². The normalized spacial score (nSPS) is 21.2. The van der Waals surface area contributed by atoms with Crippen molar-refractivity contribution in [1.82, 2.24) is 0 Å². The largest absolute Gasteiger partial charge is 0.375 e. The molecule has 1 aliphatic heterocycles. The Hall–Kier alpha value is -0.860. The summed E-state index contributed by atoms with van der Waals surface area (Å²) in [7, 11) is 0. The van der Waals surface area contributed by atoms with Crippen molar-refractivity contribution < 1.29 is 4.74 Å². The third-order valence-corrected chi connectivity index (χ3v) is 2.96. The average Bonchev–Trinajstić information content (AvgIpc) is 2.16. The third kappa shape index (κ3) is 1.92. The zero-order chi connectivity index (χ0) is 11.1. The van der Waals surface area contributed by atoms with Crippen molar-refractivity contribution in [2.24, 2.45) is 5.73 Å². The summed E-state index contributed by atoms with van der Waals surface area (Å²) in [6.45, 7) is 8.02. The predicted octanol–water partition coefficient (Wildman–Crippen LogP) is 2.51. The van der Waals surface area contributed by atoms with Crippen LogP contribution < -0.4 is 5.73 Å². The van der Waals surface area contributed by atoms with Crippen molar-refractivity contribution in [2.75, 3.05) is 6.61 Å². The molecule has 1 aromatic rings. The van der Waals surface area contributed by atoms with Crippen LogP contribution in [0.25, 0.3) is 0 Å². The van der Waals surface area contributed by atoms with E-state index in [9.17, 15) is 0 Å². The fourth-order valence-electron chi connectivity index (χ4n) is 2.19. The first-order valence-electron chi connectivity index (χ1n) is 5.46. The fourth-order valence-corrected chi connectivity index (χ4v) is 2.19. The first-order valence-corrected chi connectivity index (χ1v) is 5.46. The smallest absolute Gasteiger partial charge is 0.0723 e. The van der Waals surface area contributed by atoms with Crippen molar-refractivity contribution in [2.45, 2.75) is 38.8 Å². The van der Waals surface area contributed by atoms with Gasteiger partial charge in [-0.1, -0.05) is 39.0 Å². The molecule has 0 amide bonds. The molecule has 2 rings (SSSR count). The van der Waals surface area contributed by atoms with Gasteiger partial charge in [-0.15, -0.1) is 0 Å². The van der Waals surface area contributed by atoms with Gasteiger partial charge in [-0.3, -0.25) is 0 Å². The molecule has 1 aliphatic rings. The van der Waals surface area contributed by atoms with Gasteiger partial charge in [0.1, 0.15) is 0 Å². The summed E-state index contributed by atoms with van der Waals surface area (Å²) >= 11 is 0. The summed E-state index contributed by atoms with van der Waals surface area (Å²) in [4.78, 5) is 0. The molecule has 0 saturated heterocycles. The second-order valence-corrected chi connectivity index (χ2v) is 5.24. The molecule has 0 saturated carbocycles. The van der Waals surface area contributed by atoms with Crippen LogP contribution in [0.5, 0.6) is 0 Å². The van der Waals surface area contributed by atoms with Crippen LogP contribution >= 0.6 is 0 Å². The maximum absolute atomic E-state index is 6.03. The van der Waals surface area contributed by atoms with E-state index in [2.05, 4.69) is 39.0 Å². The Kier molecular flexibility index (Phi) is 2.57. The van der Waals surface area contributed by atoms with E-state index in [4.69, 9.17) is 10.5 Å². The number of fused-ring (bicyclic) bond motifs is 1. The fraction of sp³-hybridized carbons (Fsp3) is 0.538. The van der Waals surface area contributed by atoms with Gasteiger partial charge in [-0.2, -0.15) is 0 Å². The quantitative estimate of drug-likeness (QED) is 0.706. The molecular weight excluding hydrogens is 186 g/mol. The van der Waals surface area contributed by atoms with E-state index in [0.29, 0.717) is 13.2 Å². The van der Waals surface area contributed by atoms with Gasteiger partial charge in [-0.25, -0.2) is 0 Å². The van der Waals surface area contributed by atoms with Crippen LogP contribution in [0.2, 0.25) is 0 Å². The summed E-state index contributed by atoms with van der Waals surface area (Å²) in [5.41, 5.74) is 10.1. The third-order valence-electron chi connectivity index (χ3n) is 2.96. The molecule has 1 aromatic carbocycles.